The normalized spacial score (nSPS) is 13.7. The van der Waals surface area contributed by atoms with E-state index in [0.29, 0.717) is 5.52 Å². The molecule has 0 fully saturated rings. The summed E-state index contributed by atoms with van der Waals surface area (Å²) in [6, 6.07) is 5.14. The van der Waals surface area contributed by atoms with Gasteiger partial charge in [-0.15, -0.1) is 0 Å². The largest absolute Gasteiger partial charge is 0.382 e. The summed E-state index contributed by atoms with van der Waals surface area (Å²) in [7, 11) is -3.01. The van der Waals surface area contributed by atoms with Crippen molar-refractivity contribution in [1.29, 1.82) is 0 Å². The van der Waals surface area contributed by atoms with Gasteiger partial charge in [0.25, 0.3) is 0 Å². The van der Waals surface area contributed by atoms with Gasteiger partial charge in [-0.1, -0.05) is 0 Å². The average molecular weight is 269 g/mol. The molecule has 0 saturated heterocycles. The van der Waals surface area contributed by atoms with E-state index in [-0.39, 0.29) is 17.5 Å². The zero-order valence-electron chi connectivity index (χ0n) is 10.1. The Balaban J connectivity index is 2.19. The van der Waals surface area contributed by atoms with Crippen molar-refractivity contribution in [1.82, 2.24) is 9.97 Å². The summed E-state index contributed by atoms with van der Waals surface area (Å²) in [6.45, 7) is 1.80. The minimum absolute atomic E-state index is 0.0642. The average Bonchev–Trinajstić information content (AvgIpc) is 2.53. The van der Waals surface area contributed by atoms with Crippen LogP contribution in [-0.2, 0) is 9.84 Å². The third-order valence-electron chi connectivity index (χ3n) is 2.48. The Labute approximate surface area is 104 Å². The summed E-state index contributed by atoms with van der Waals surface area (Å²) in [6.07, 6.45) is 1.21. The zero-order valence-corrected chi connectivity index (χ0v) is 11.0. The first-order valence-electron chi connectivity index (χ1n) is 5.50. The second-order valence-electron chi connectivity index (χ2n) is 4.48. The van der Waals surface area contributed by atoms with Crippen molar-refractivity contribution in [2.24, 2.45) is 0 Å². The van der Waals surface area contributed by atoms with Gasteiger partial charge in [-0.05, 0) is 25.1 Å². The number of rotatable bonds is 4. The van der Waals surface area contributed by atoms with Crippen molar-refractivity contribution in [2.75, 3.05) is 17.3 Å². The van der Waals surface area contributed by atoms with Gasteiger partial charge in [0.1, 0.15) is 9.84 Å². The highest BCUT2D eigenvalue weighted by Gasteiger charge is 2.10. The van der Waals surface area contributed by atoms with Crippen molar-refractivity contribution in [3.63, 3.8) is 0 Å². The summed E-state index contributed by atoms with van der Waals surface area (Å²) >= 11 is 0. The highest BCUT2D eigenvalue weighted by molar-refractivity contribution is 7.90. The van der Waals surface area contributed by atoms with Gasteiger partial charge in [0.2, 0.25) is 0 Å². The first kappa shape index (κ1) is 12.7. The second-order valence-corrected chi connectivity index (χ2v) is 6.66. The molecule has 7 heteroatoms. The van der Waals surface area contributed by atoms with Gasteiger partial charge >= 0.3 is 5.69 Å². The fourth-order valence-electron chi connectivity index (χ4n) is 1.90. The van der Waals surface area contributed by atoms with Crippen molar-refractivity contribution in [3.05, 3.63) is 28.7 Å². The molecule has 0 radical (unpaired) electrons. The molecule has 6 nitrogen and oxygen atoms in total. The molecular weight excluding hydrogens is 254 g/mol. The molecule has 3 N–H and O–H groups in total. The molecule has 1 aromatic carbocycles. The number of H-pyrrole nitrogens is 2. The number of hydrogen-bond acceptors (Lipinski definition) is 4. The van der Waals surface area contributed by atoms with Gasteiger partial charge in [0.05, 0.1) is 16.8 Å². The predicted molar refractivity (Wildman–Crippen MR) is 71.7 cm³/mol. The first-order valence-corrected chi connectivity index (χ1v) is 7.56. The number of sulfone groups is 1. The summed E-state index contributed by atoms with van der Waals surface area (Å²) in [4.78, 5) is 16.4. The van der Waals surface area contributed by atoms with E-state index in [1.54, 1.807) is 25.1 Å². The van der Waals surface area contributed by atoms with E-state index >= 15 is 0 Å². The van der Waals surface area contributed by atoms with Crippen LogP contribution in [0.1, 0.15) is 6.92 Å². The molecule has 98 valence electrons. The van der Waals surface area contributed by atoms with Crippen LogP contribution in [0.4, 0.5) is 5.69 Å². The summed E-state index contributed by atoms with van der Waals surface area (Å²) in [5.74, 6) is 0.0642. The Bertz CT molecular complexity index is 714. The number of benzene rings is 1. The van der Waals surface area contributed by atoms with Crippen LogP contribution >= 0.6 is 0 Å². The molecule has 0 spiro atoms. The van der Waals surface area contributed by atoms with E-state index in [1.165, 1.54) is 6.26 Å². The highest BCUT2D eigenvalue weighted by Crippen LogP contribution is 2.15. The van der Waals surface area contributed by atoms with Crippen LogP contribution in [0.3, 0.4) is 0 Å². The minimum Gasteiger partial charge on any atom is -0.382 e. The maximum Gasteiger partial charge on any atom is 0.323 e. The molecule has 0 saturated carbocycles. The third-order valence-corrected chi connectivity index (χ3v) is 3.59. The number of aromatic nitrogens is 2. The Morgan fingerprint density at radius 2 is 1.94 bits per heavy atom. The van der Waals surface area contributed by atoms with Crippen LogP contribution in [0.25, 0.3) is 11.0 Å². The van der Waals surface area contributed by atoms with E-state index < -0.39 is 9.84 Å². The van der Waals surface area contributed by atoms with Crippen molar-refractivity contribution in [2.45, 2.75) is 13.0 Å². The molecule has 2 rings (SSSR count). The predicted octanol–water partition coefficient (Wildman–Crippen LogP) is 0.701. The lowest BCUT2D eigenvalue weighted by Crippen LogP contribution is -2.24. The van der Waals surface area contributed by atoms with Crippen LogP contribution in [0, 0.1) is 0 Å². The SMILES string of the molecule is CC(CS(C)(=O)=O)Nc1ccc2[nH]c(=O)[nH]c2c1. The summed E-state index contributed by atoms with van der Waals surface area (Å²) < 4.78 is 22.3. The fourth-order valence-corrected chi connectivity index (χ4v) is 2.89. The Morgan fingerprint density at radius 1 is 1.28 bits per heavy atom. The quantitative estimate of drug-likeness (QED) is 0.761. The number of hydrogen-bond donors (Lipinski definition) is 3. The smallest absolute Gasteiger partial charge is 0.323 e. The van der Waals surface area contributed by atoms with Crippen molar-refractivity contribution < 1.29 is 8.42 Å². The summed E-state index contributed by atoms with van der Waals surface area (Å²) in [5, 5.41) is 3.08. The van der Waals surface area contributed by atoms with Crippen molar-refractivity contribution in [3.8, 4) is 0 Å². The van der Waals surface area contributed by atoms with E-state index in [4.69, 9.17) is 0 Å². The molecule has 0 aliphatic carbocycles. The van der Waals surface area contributed by atoms with Gasteiger partial charge in [0, 0.05) is 18.0 Å². The van der Waals surface area contributed by atoms with Gasteiger partial charge in [0.15, 0.2) is 0 Å². The molecule has 0 bridgehead atoms. The van der Waals surface area contributed by atoms with Crippen LogP contribution < -0.4 is 11.0 Å². The van der Waals surface area contributed by atoms with E-state index in [1.807, 2.05) is 0 Å². The lowest BCUT2D eigenvalue weighted by molar-refractivity contribution is 0.598. The van der Waals surface area contributed by atoms with Crippen LogP contribution in [-0.4, -0.2) is 36.4 Å². The third kappa shape index (κ3) is 3.13. The topological polar surface area (TPSA) is 94.8 Å². The number of imidazole rings is 1. The van der Waals surface area contributed by atoms with Gasteiger partial charge in [-0.3, -0.25) is 0 Å². The Morgan fingerprint density at radius 3 is 2.61 bits per heavy atom. The van der Waals surface area contributed by atoms with E-state index in [0.717, 1.165) is 11.2 Å². The minimum atomic E-state index is -3.01. The van der Waals surface area contributed by atoms with Crippen LogP contribution in [0.2, 0.25) is 0 Å². The summed E-state index contributed by atoms with van der Waals surface area (Å²) in [5.41, 5.74) is 1.93. The standard InChI is InChI=1S/C11H15N3O3S/c1-7(6-18(2,16)17)12-8-3-4-9-10(5-8)14-11(15)13-9/h3-5,7,12H,6H2,1-2H3,(H2,13,14,15). The van der Waals surface area contributed by atoms with Gasteiger partial charge in [-0.2, -0.15) is 0 Å². The Kier molecular flexibility index (Phi) is 3.16. The molecule has 1 unspecified atom stereocenters. The number of anilines is 1. The number of fused-ring (bicyclic) bond motifs is 1. The number of nitrogens with one attached hydrogen (secondary N) is 3. The molecule has 0 aliphatic rings. The lowest BCUT2D eigenvalue weighted by atomic mass is 10.2. The molecule has 0 amide bonds. The maximum atomic E-state index is 11.2. The molecular formula is C11H15N3O3S. The second kappa shape index (κ2) is 4.49. The van der Waals surface area contributed by atoms with Gasteiger partial charge < -0.3 is 15.3 Å². The molecule has 1 heterocycles. The fraction of sp³-hybridized carbons (Fsp3) is 0.364. The molecule has 2 aromatic rings. The molecule has 18 heavy (non-hydrogen) atoms. The van der Waals surface area contributed by atoms with Crippen molar-refractivity contribution >= 4 is 26.6 Å². The van der Waals surface area contributed by atoms with Crippen LogP contribution in [0.5, 0.6) is 0 Å². The first-order chi connectivity index (χ1) is 8.33. The molecule has 1 aromatic heterocycles. The van der Waals surface area contributed by atoms with E-state index in [2.05, 4.69) is 15.3 Å². The monoisotopic (exact) mass is 269 g/mol. The van der Waals surface area contributed by atoms with Gasteiger partial charge in [-0.25, -0.2) is 13.2 Å². The van der Waals surface area contributed by atoms with Crippen LogP contribution in [0.15, 0.2) is 23.0 Å². The zero-order chi connectivity index (χ0) is 13.3. The maximum absolute atomic E-state index is 11.2. The van der Waals surface area contributed by atoms with E-state index in [9.17, 15) is 13.2 Å². The Hall–Kier alpha value is -1.76. The molecule has 1 atom stereocenters. The lowest BCUT2D eigenvalue weighted by Gasteiger charge is -2.13. The molecule has 0 aliphatic heterocycles. The number of aromatic amines is 2. The highest BCUT2D eigenvalue weighted by atomic mass is 32.2.